The summed E-state index contributed by atoms with van der Waals surface area (Å²) in [7, 11) is 1.77. The Bertz CT molecular complexity index is 732. The summed E-state index contributed by atoms with van der Waals surface area (Å²) in [6.07, 6.45) is 0.686. The lowest BCUT2D eigenvalue weighted by molar-refractivity contribution is 0.0170. The fourth-order valence-corrected chi connectivity index (χ4v) is 3.58. The lowest BCUT2D eigenvalue weighted by Gasteiger charge is -2.29. The average molecular weight is 338 g/mol. The van der Waals surface area contributed by atoms with Crippen LogP contribution in [0, 0.1) is 6.92 Å². The first-order valence-electron chi connectivity index (χ1n) is 8.77. The molecule has 1 N–H and O–H groups in total. The van der Waals surface area contributed by atoms with Crippen LogP contribution in [0.5, 0.6) is 0 Å². The van der Waals surface area contributed by atoms with Crippen molar-refractivity contribution >= 4 is 5.91 Å². The van der Waals surface area contributed by atoms with Crippen molar-refractivity contribution < 1.29 is 9.90 Å². The van der Waals surface area contributed by atoms with Crippen molar-refractivity contribution in [2.75, 3.05) is 26.7 Å². The van der Waals surface area contributed by atoms with Crippen molar-refractivity contribution in [3.8, 4) is 0 Å². The summed E-state index contributed by atoms with van der Waals surface area (Å²) in [5.41, 5.74) is 2.06. The third-order valence-electron chi connectivity index (χ3n) is 4.91. The Kier molecular flexibility index (Phi) is 5.21. The normalized spacial score (nSPS) is 20.6. The van der Waals surface area contributed by atoms with E-state index < -0.39 is 5.60 Å². The monoisotopic (exact) mass is 338 g/mol. The molecule has 25 heavy (non-hydrogen) atoms. The minimum atomic E-state index is -0.845. The van der Waals surface area contributed by atoms with Crippen LogP contribution in [0.15, 0.2) is 54.6 Å². The lowest BCUT2D eigenvalue weighted by atomic mass is 10.0. The van der Waals surface area contributed by atoms with Crippen LogP contribution in [0.4, 0.5) is 0 Å². The van der Waals surface area contributed by atoms with E-state index in [9.17, 15) is 9.90 Å². The van der Waals surface area contributed by atoms with E-state index in [-0.39, 0.29) is 5.91 Å². The number of carbonyl (C=O) groups excluding carboxylic acids is 1. The van der Waals surface area contributed by atoms with Crippen LogP contribution in [-0.2, 0) is 6.54 Å². The molecule has 0 unspecified atom stereocenters. The summed E-state index contributed by atoms with van der Waals surface area (Å²) in [4.78, 5) is 16.6. The first-order chi connectivity index (χ1) is 12.0. The van der Waals surface area contributed by atoms with Gasteiger partial charge in [-0.2, -0.15) is 0 Å². The Balaban J connectivity index is 1.60. The van der Waals surface area contributed by atoms with E-state index >= 15 is 0 Å². The molecule has 1 atom stereocenters. The zero-order chi connectivity index (χ0) is 17.9. The van der Waals surface area contributed by atoms with Gasteiger partial charge in [0.1, 0.15) is 0 Å². The van der Waals surface area contributed by atoms with Crippen LogP contribution >= 0.6 is 0 Å². The lowest BCUT2D eigenvalue weighted by Crippen LogP contribution is -2.45. The summed E-state index contributed by atoms with van der Waals surface area (Å²) in [5, 5.41) is 10.9. The Morgan fingerprint density at radius 2 is 1.84 bits per heavy atom. The summed E-state index contributed by atoms with van der Waals surface area (Å²) in [5.74, 6) is -0.0342. The van der Waals surface area contributed by atoms with E-state index in [0.717, 1.165) is 18.7 Å². The molecule has 1 aliphatic heterocycles. The number of rotatable bonds is 5. The highest BCUT2D eigenvalue weighted by Crippen LogP contribution is 2.24. The van der Waals surface area contributed by atoms with Crippen LogP contribution in [0.3, 0.4) is 0 Å². The molecule has 2 aromatic rings. The first kappa shape index (κ1) is 17.6. The minimum absolute atomic E-state index is 0.0342. The quantitative estimate of drug-likeness (QED) is 0.912. The maximum atomic E-state index is 12.7. The van der Waals surface area contributed by atoms with Gasteiger partial charge in [-0.15, -0.1) is 0 Å². The predicted molar refractivity (Wildman–Crippen MR) is 99.4 cm³/mol. The Hall–Kier alpha value is -2.17. The van der Waals surface area contributed by atoms with Crippen molar-refractivity contribution in [3.05, 3.63) is 71.3 Å². The maximum Gasteiger partial charge on any atom is 0.253 e. The van der Waals surface area contributed by atoms with Crippen LogP contribution in [0.1, 0.15) is 27.9 Å². The maximum absolute atomic E-state index is 12.7. The molecule has 0 bridgehead atoms. The van der Waals surface area contributed by atoms with Gasteiger partial charge in [-0.1, -0.05) is 48.5 Å². The van der Waals surface area contributed by atoms with Crippen LogP contribution in [0.25, 0.3) is 0 Å². The molecule has 132 valence electrons. The molecule has 2 aromatic carbocycles. The third kappa shape index (κ3) is 4.27. The molecule has 0 radical (unpaired) electrons. The summed E-state index contributed by atoms with van der Waals surface area (Å²) in [6.45, 7) is 4.56. The number of β-amino-alcohol motifs (C(OH)–C–C–N with tert-alkyl or cyclic N) is 1. The number of aryl methyl sites for hydroxylation is 1. The van der Waals surface area contributed by atoms with Gasteiger partial charge in [0.15, 0.2) is 0 Å². The molecule has 1 aliphatic rings. The number of benzene rings is 2. The van der Waals surface area contributed by atoms with Gasteiger partial charge < -0.3 is 10.0 Å². The van der Waals surface area contributed by atoms with E-state index in [4.69, 9.17) is 0 Å². The molecule has 1 saturated heterocycles. The molecule has 1 amide bonds. The van der Waals surface area contributed by atoms with Crippen molar-refractivity contribution in [2.24, 2.45) is 0 Å². The number of hydrogen-bond donors (Lipinski definition) is 1. The molecule has 0 aromatic heterocycles. The second kappa shape index (κ2) is 7.38. The number of amides is 1. The van der Waals surface area contributed by atoms with Gasteiger partial charge >= 0.3 is 0 Å². The van der Waals surface area contributed by atoms with Gasteiger partial charge in [-0.05, 0) is 30.5 Å². The standard InChI is InChI=1S/C21H26N2O2/c1-17-8-6-7-11-19(17)20(24)22(2)15-21(25)12-13-23(16-21)14-18-9-4-3-5-10-18/h3-11,25H,12-16H2,1-2H3/t21-/m0/s1. The Morgan fingerprint density at radius 3 is 2.56 bits per heavy atom. The molecule has 0 aliphatic carbocycles. The SMILES string of the molecule is Cc1ccccc1C(=O)N(C)C[C@@]1(O)CCN(Cc2ccccc2)C1. The van der Waals surface area contributed by atoms with Crippen molar-refractivity contribution in [1.82, 2.24) is 9.80 Å². The van der Waals surface area contributed by atoms with Crippen molar-refractivity contribution in [3.63, 3.8) is 0 Å². The summed E-state index contributed by atoms with van der Waals surface area (Å²) < 4.78 is 0. The second-order valence-electron chi connectivity index (χ2n) is 7.15. The van der Waals surface area contributed by atoms with Gasteiger partial charge in [0.2, 0.25) is 0 Å². The molecule has 4 heteroatoms. The van der Waals surface area contributed by atoms with E-state index in [2.05, 4.69) is 17.0 Å². The average Bonchev–Trinajstić information content (AvgIpc) is 2.96. The topological polar surface area (TPSA) is 43.8 Å². The van der Waals surface area contributed by atoms with E-state index in [1.54, 1.807) is 11.9 Å². The smallest absolute Gasteiger partial charge is 0.253 e. The number of carbonyl (C=O) groups is 1. The zero-order valence-electron chi connectivity index (χ0n) is 15.0. The van der Waals surface area contributed by atoms with Crippen LogP contribution < -0.4 is 0 Å². The van der Waals surface area contributed by atoms with Gasteiger partial charge in [-0.3, -0.25) is 9.69 Å². The fraction of sp³-hybridized carbons (Fsp3) is 0.381. The summed E-state index contributed by atoms with van der Waals surface area (Å²) in [6, 6.07) is 17.9. The number of aliphatic hydroxyl groups is 1. The highest BCUT2D eigenvalue weighted by atomic mass is 16.3. The number of hydrogen-bond acceptors (Lipinski definition) is 3. The Morgan fingerprint density at radius 1 is 1.16 bits per heavy atom. The van der Waals surface area contributed by atoms with E-state index in [1.807, 2.05) is 49.4 Å². The highest BCUT2D eigenvalue weighted by Gasteiger charge is 2.38. The van der Waals surface area contributed by atoms with Gasteiger partial charge in [-0.25, -0.2) is 0 Å². The van der Waals surface area contributed by atoms with Gasteiger partial charge in [0.25, 0.3) is 5.91 Å². The third-order valence-corrected chi connectivity index (χ3v) is 4.91. The number of likely N-dealkylation sites (N-methyl/N-ethyl adjacent to an activating group) is 1. The highest BCUT2D eigenvalue weighted by molar-refractivity contribution is 5.95. The largest absolute Gasteiger partial charge is 0.387 e. The van der Waals surface area contributed by atoms with Crippen LogP contribution in [0.2, 0.25) is 0 Å². The fourth-order valence-electron chi connectivity index (χ4n) is 3.58. The van der Waals surface area contributed by atoms with E-state index in [0.29, 0.717) is 25.1 Å². The second-order valence-corrected chi connectivity index (χ2v) is 7.15. The van der Waals surface area contributed by atoms with Gasteiger partial charge in [0.05, 0.1) is 12.1 Å². The van der Waals surface area contributed by atoms with Crippen molar-refractivity contribution in [2.45, 2.75) is 25.5 Å². The Labute approximate surface area is 149 Å². The molecular weight excluding hydrogens is 312 g/mol. The van der Waals surface area contributed by atoms with Gasteiger partial charge in [0, 0.05) is 32.2 Å². The molecule has 3 rings (SSSR count). The number of nitrogens with zero attached hydrogens (tertiary/aromatic N) is 2. The first-order valence-corrected chi connectivity index (χ1v) is 8.77. The number of likely N-dealkylation sites (tertiary alicyclic amines) is 1. The molecular formula is C21H26N2O2. The summed E-state index contributed by atoms with van der Waals surface area (Å²) >= 11 is 0. The molecule has 0 saturated carbocycles. The van der Waals surface area contributed by atoms with Crippen molar-refractivity contribution in [1.29, 1.82) is 0 Å². The minimum Gasteiger partial charge on any atom is -0.387 e. The zero-order valence-corrected chi connectivity index (χ0v) is 15.0. The molecule has 0 spiro atoms. The predicted octanol–water partition coefficient (Wildman–Crippen LogP) is 2.70. The molecule has 1 fully saturated rings. The molecule has 4 nitrogen and oxygen atoms in total. The molecule has 1 heterocycles. The van der Waals surface area contributed by atoms with Crippen LogP contribution in [-0.4, -0.2) is 53.1 Å². The van der Waals surface area contributed by atoms with E-state index in [1.165, 1.54) is 5.56 Å².